The van der Waals surface area contributed by atoms with E-state index in [1.807, 2.05) is 20.8 Å². The molecule has 0 aliphatic heterocycles. The van der Waals surface area contributed by atoms with Crippen LogP contribution in [0, 0.1) is 5.41 Å². The number of benzene rings is 2. The summed E-state index contributed by atoms with van der Waals surface area (Å²) in [6, 6.07) is 12.9. The van der Waals surface area contributed by atoms with Crippen molar-refractivity contribution in [2.45, 2.75) is 27.3 Å². The van der Waals surface area contributed by atoms with Gasteiger partial charge in [-0.15, -0.1) is 0 Å². The van der Waals surface area contributed by atoms with E-state index in [4.69, 9.17) is 5.11 Å². The summed E-state index contributed by atoms with van der Waals surface area (Å²) in [6.07, 6.45) is 0. The first-order chi connectivity index (χ1) is 12.2. The molecule has 0 aliphatic carbocycles. The van der Waals surface area contributed by atoms with Crippen LogP contribution in [0.25, 0.3) is 0 Å². The van der Waals surface area contributed by atoms with Gasteiger partial charge < -0.3 is 15.7 Å². The molecule has 0 saturated carbocycles. The lowest BCUT2D eigenvalue weighted by Crippen LogP contribution is -2.34. The Labute approximate surface area is 152 Å². The molecule has 0 aliphatic rings. The van der Waals surface area contributed by atoms with Crippen molar-refractivity contribution in [2.24, 2.45) is 5.41 Å². The van der Waals surface area contributed by atoms with Gasteiger partial charge >= 0.3 is 5.97 Å². The third-order valence-electron chi connectivity index (χ3n) is 3.72. The molecule has 0 spiro atoms. The fraction of sp³-hybridized carbons (Fsp3) is 0.250. The van der Waals surface area contributed by atoms with E-state index < -0.39 is 11.4 Å². The van der Waals surface area contributed by atoms with Gasteiger partial charge in [0.1, 0.15) is 0 Å². The zero-order chi connectivity index (χ0) is 19.3. The van der Waals surface area contributed by atoms with E-state index in [1.165, 1.54) is 12.1 Å². The molecule has 0 atom stereocenters. The van der Waals surface area contributed by atoms with Crippen LogP contribution in [0.2, 0.25) is 0 Å². The standard InChI is InChI=1S/C20H22N2O4/c1-20(2,3)19(26)21-12-13-7-9-14(10-8-13)17(23)22-16-6-4-5-15(11-16)18(24)25/h4-11H,12H2,1-3H3,(H,21,26)(H,22,23)(H,24,25). The molecule has 0 saturated heterocycles. The molecule has 6 heteroatoms. The summed E-state index contributed by atoms with van der Waals surface area (Å²) in [5.74, 6) is -1.43. The smallest absolute Gasteiger partial charge is 0.335 e. The monoisotopic (exact) mass is 354 g/mol. The average molecular weight is 354 g/mol. The van der Waals surface area contributed by atoms with Crippen molar-refractivity contribution < 1.29 is 19.5 Å². The quantitative estimate of drug-likeness (QED) is 0.768. The second kappa shape index (κ2) is 7.82. The lowest BCUT2D eigenvalue weighted by Gasteiger charge is -2.17. The van der Waals surface area contributed by atoms with Gasteiger partial charge in [0.25, 0.3) is 5.91 Å². The number of amides is 2. The van der Waals surface area contributed by atoms with Gasteiger partial charge in [0.2, 0.25) is 5.91 Å². The molecule has 26 heavy (non-hydrogen) atoms. The molecular formula is C20H22N2O4. The first-order valence-electron chi connectivity index (χ1n) is 8.19. The fourth-order valence-electron chi connectivity index (χ4n) is 2.15. The lowest BCUT2D eigenvalue weighted by molar-refractivity contribution is -0.128. The van der Waals surface area contributed by atoms with Crippen LogP contribution in [0.4, 0.5) is 5.69 Å². The summed E-state index contributed by atoms with van der Waals surface area (Å²) in [5, 5.41) is 14.5. The molecule has 0 bridgehead atoms. The number of hydrogen-bond acceptors (Lipinski definition) is 3. The third kappa shape index (κ3) is 5.17. The first kappa shape index (κ1) is 19.2. The van der Waals surface area contributed by atoms with Gasteiger partial charge in [0.05, 0.1) is 5.56 Å². The van der Waals surface area contributed by atoms with E-state index in [0.29, 0.717) is 17.8 Å². The van der Waals surface area contributed by atoms with Crippen molar-refractivity contribution in [3.8, 4) is 0 Å². The van der Waals surface area contributed by atoms with Crippen LogP contribution in [0.15, 0.2) is 48.5 Å². The Kier molecular flexibility index (Phi) is 5.77. The van der Waals surface area contributed by atoms with Gasteiger partial charge in [-0.25, -0.2) is 4.79 Å². The van der Waals surface area contributed by atoms with Crippen molar-refractivity contribution in [3.63, 3.8) is 0 Å². The van der Waals surface area contributed by atoms with E-state index in [-0.39, 0.29) is 17.4 Å². The number of carbonyl (C=O) groups is 3. The Bertz CT molecular complexity index is 820. The number of anilines is 1. The molecule has 6 nitrogen and oxygen atoms in total. The summed E-state index contributed by atoms with van der Waals surface area (Å²) in [4.78, 5) is 35.1. The largest absolute Gasteiger partial charge is 0.478 e. The van der Waals surface area contributed by atoms with E-state index in [2.05, 4.69) is 10.6 Å². The summed E-state index contributed by atoms with van der Waals surface area (Å²) >= 11 is 0. The first-order valence-corrected chi connectivity index (χ1v) is 8.19. The summed E-state index contributed by atoms with van der Waals surface area (Å²) < 4.78 is 0. The number of hydrogen-bond donors (Lipinski definition) is 3. The molecule has 2 rings (SSSR count). The molecular weight excluding hydrogens is 332 g/mol. The highest BCUT2D eigenvalue weighted by atomic mass is 16.4. The van der Waals surface area contributed by atoms with Gasteiger partial charge in [-0.1, -0.05) is 39.0 Å². The number of carbonyl (C=O) groups excluding carboxylic acids is 2. The Balaban J connectivity index is 1.99. The molecule has 136 valence electrons. The van der Waals surface area contributed by atoms with Crippen molar-refractivity contribution in [1.82, 2.24) is 5.32 Å². The number of nitrogens with one attached hydrogen (secondary N) is 2. The summed E-state index contributed by atoms with van der Waals surface area (Å²) in [5.41, 5.74) is 1.39. The maximum atomic E-state index is 12.3. The highest BCUT2D eigenvalue weighted by Crippen LogP contribution is 2.15. The highest BCUT2D eigenvalue weighted by Gasteiger charge is 2.20. The van der Waals surface area contributed by atoms with Crippen LogP contribution in [-0.4, -0.2) is 22.9 Å². The minimum atomic E-state index is -1.05. The van der Waals surface area contributed by atoms with E-state index >= 15 is 0 Å². The molecule has 3 N–H and O–H groups in total. The van der Waals surface area contributed by atoms with Gasteiger partial charge in [-0.2, -0.15) is 0 Å². The van der Waals surface area contributed by atoms with E-state index in [0.717, 1.165) is 5.56 Å². The topological polar surface area (TPSA) is 95.5 Å². The maximum absolute atomic E-state index is 12.3. The van der Waals surface area contributed by atoms with Gasteiger partial charge in [0.15, 0.2) is 0 Å². The summed E-state index contributed by atoms with van der Waals surface area (Å²) in [6.45, 7) is 5.91. The minimum Gasteiger partial charge on any atom is -0.478 e. The average Bonchev–Trinajstić information content (AvgIpc) is 2.59. The van der Waals surface area contributed by atoms with Crippen molar-refractivity contribution >= 4 is 23.5 Å². The normalized spacial score (nSPS) is 10.9. The second-order valence-corrected chi connectivity index (χ2v) is 6.97. The lowest BCUT2D eigenvalue weighted by atomic mass is 9.95. The Hall–Kier alpha value is -3.15. The van der Waals surface area contributed by atoms with Crippen LogP contribution in [-0.2, 0) is 11.3 Å². The Morgan fingerprint density at radius 3 is 2.19 bits per heavy atom. The Morgan fingerprint density at radius 2 is 1.62 bits per heavy atom. The predicted molar refractivity (Wildman–Crippen MR) is 99.1 cm³/mol. The zero-order valence-electron chi connectivity index (χ0n) is 15.0. The number of aromatic carboxylic acids is 1. The molecule has 0 aromatic heterocycles. The fourth-order valence-corrected chi connectivity index (χ4v) is 2.15. The zero-order valence-corrected chi connectivity index (χ0v) is 15.0. The minimum absolute atomic E-state index is 0.0439. The van der Waals surface area contributed by atoms with Crippen LogP contribution in [0.1, 0.15) is 47.1 Å². The van der Waals surface area contributed by atoms with Gasteiger partial charge in [0, 0.05) is 23.2 Å². The molecule has 0 heterocycles. The second-order valence-electron chi connectivity index (χ2n) is 6.97. The molecule has 0 fully saturated rings. The summed E-state index contributed by atoms with van der Waals surface area (Å²) in [7, 11) is 0. The number of rotatable bonds is 5. The molecule has 0 unspecified atom stereocenters. The number of carboxylic acid groups (broad SMARTS) is 1. The van der Waals surface area contributed by atoms with Crippen LogP contribution >= 0.6 is 0 Å². The Morgan fingerprint density at radius 1 is 0.962 bits per heavy atom. The van der Waals surface area contributed by atoms with Crippen molar-refractivity contribution in [1.29, 1.82) is 0 Å². The van der Waals surface area contributed by atoms with Crippen LogP contribution in [0.3, 0.4) is 0 Å². The SMILES string of the molecule is CC(C)(C)C(=O)NCc1ccc(C(=O)Nc2cccc(C(=O)O)c2)cc1. The van der Waals surface area contributed by atoms with Gasteiger partial charge in [-0.3, -0.25) is 9.59 Å². The molecule has 2 amide bonds. The van der Waals surface area contributed by atoms with E-state index in [9.17, 15) is 14.4 Å². The van der Waals surface area contributed by atoms with Crippen molar-refractivity contribution in [2.75, 3.05) is 5.32 Å². The molecule has 2 aromatic carbocycles. The number of carboxylic acids is 1. The van der Waals surface area contributed by atoms with E-state index in [1.54, 1.807) is 36.4 Å². The third-order valence-corrected chi connectivity index (χ3v) is 3.72. The molecule has 2 aromatic rings. The van der Waals surface area contributed by atoms with Crippen LogP contribution < -0.4 is 10.6 Å². The molecule has 0 radical (unpaired) electrons. The highest BCUT2D eigenvalue weighted by molar-refractivity contribution is 6.04. The van der Waals surface area contributed by atoms with Crippen LogP contribution in [0.5, 0.6) is 0 Å². The maximum Gasteiger partial charge on any atom is 0.335 e. The van der Waals surface area contributed by atoms with Crippen molar-refractivity contribution in [3.05, 3.63) is 65.2 Å². The predicted octanol–water partition coefficient (Wildman–Crippen LogP) is 3.30. The van der Waals surface area contributed by atoms with Gasteiger partial charge in [-0.05, 0) is 35.9 Å².